The monoisotopic (exact) mass is 408 g/mol. The lowest BCUT2D eigenvalue weighted by molar-refractivity contribution is -0.139. The number of aromatic nitrogens is 1. The van der Waals surface area contributed by atoms with Crippen molar-refractivity contribution in [3.8, 4) is 17.1 Å². The van der Waals surface area contributed by atoms with E-state index in [9.17, 15) is 9.18 Å². The van der Waals surface area contributed by atoms with Crippen LogP contribution < -0.4 is 4.74 Å². The minimum absolute atomic E-state index is 0.0834. The average Bonchev–Trinajstić information content (AvgIpc) is 3.17. The molecule has 0 bridgehead atoms. The molecule has 30 heavy (non-hydrogen) atoms. The summed E-state index contributed by atoms with van der Waals surface area (Å²) in [7, 11) is 0. The quantitative estimate of drug-likeness (QED) is 0.599. The van der Waals surface area contributed by atoms with Crippen LogP contribution in [0.15, 0.2) is 53.1 Å². The summed E-state index contributed by atoms with van der Waals surface area (Å²) in [6.45, 7) is 6.97. The average molecular weight is 408 g/mol. The van der Waals surface area contributed by atoms with Crippen LogP contribution in [-0.2, 0) is 17.8 Å². The third kappa shape index (κ3) is 4.08. The molecule has 0 fully saturated rings. The number of ether oxygens (including phenoxy) is 1. The van der Waals surface area contributed by atoms with Crippen LogP contribution >= 0.6 is 0 Å². The molecule has 0 radical (unpaired) electrons. The molecule has 1 aromatic heterocycles. The van der Waals surface area contributed by atoms with Gasteiger partial charge in [-0.25, -0.2) is 4.39 Å². The predicted octanol–water partition coefficient (Wildman–Crippen LogP) is 4.96. The second kappa shape index (κ2) is 8.30. The van der Waals surface area contributed by atoms with Crippen LogP contribution in [0.2, 0.25) is 0 Å². The van der Waals surface area contributed by atoms with E-state index in [2.05, 4.69) is 19.0 Å². The van der Waals surface area contributed by atoms with E-state index in [1.54, 1.807) is 24.0 Å². The van der Waals surface area contributed by atoms with E-state index in [0.29, 0.717) is 36.9 Å². The topological polar surface area (TPSA) is 55.6 Å². The van der Waals surface area contributed by atoms with E-state index in [-0.39, 0.29) is 11.7 Å². The number of hydrogen-bond acceptors (Lipinski definition) is 4. The molecule has 3 aromatic rings. The molecule has 1 amide bonds. The van der Waals surface area contributed by atoms with Crippen molar-refractivity contribution in [1.82, 2.24) is 10.1 Å². The van der Waals surface area contributed by atoms with Gasteiger partial charge in [0, 0.05) is 17.7 Å². The molecule has 2 aromatic carbocycles. The molecule has 6 heteroatoms. The van der Waals surface area contributed by atoms with Gasteiger partial charge in [-0.05, 0) is 61.2 Å². The van der Waals surface area contributed by atoms with Crippen molar-refractivity contribution in [3.63, 3.8) is 0 Å². The Balaban J connectivity index is 1.42. The van der Waals surface area contributed by atoms with Gasteiger partial charge < -0.3 is 14.2 Å². The van der Waals surface area contributed by atoms with Gasteiger partial charge in [0.1, 0.15) is 17.3 Å². The Bertz CT molecular complexity index is 1030. The number of amides is 1. The second-order valence-corrected chi connectivity index (χ2v) is 7.94. The van der Waals surface area contributed by atoms with Crippen molar-refractivity contribution in [2.45, 2.75) is 45.8 Å². The van der Waals surface area contributed by atoms with Crippen LogP contribution in [-0.4, -0.2) is 28.6 Å². The van der Waals surface area contributed by atoms with Crippen LogP contribution in [0.5, 0.6) is 5.75 Å². The van der Waals surface area contributed by atoms with Crippen molar-refractivity contribution >= 4 is 5.91 Å². The molecule has 0 N–H and O–H groups in total. The van der Waals surface area contributed by atoms with Gasteiger partial charge in [-0.2, -0.15) is 0 Å². The standard InChI is InChI=1S/C24H25FN2O3/c1-15(2)17-6-10-20(11-7-17)29-16(3)24(28)27-13-12-21-22(14-27)26-30-23(21)18-4-8-19(25)9-5-18/h4-11,15-16H,12-14H2,1-3H3. The van der Waals surface area contributed by atoms with E-state index in [0.717, 1.165) is 16.8 Å². The summed E-state index contributed by atoms with van der Waals surface area (Å²) in [6.07, 6.45) is 0.0347. The van der Waals surface area contributed by atoms with Gasteiger partial charge >= 0.3 is 0 Å². The van der Waals surface area contributed by atoms with Crippen molar-refractivity contribution in [2.75, 3.05) is 6.54 Å². The normalized spacial score (nSPS) is 14.5. The molecule has 5 nitrogen and oxygen atoms in total. The van der Waals surface area contributed by atoms with Gasteiger partial charge in [0.15, 0.2) is 11.9 Å². The zero-order valence-electron chi connectivity index (χ0n) is 17.4. The number of hydrogen-bond donors (Lipinski definition) is 0. The lowest BCUT2D eigenvalue weighted by Gasteiger charge is -2.28. The summed E-state index contributed by atoms with van der Waals surface area (Å²) in [6, 6.07) is 14.0. The molecule has 156 valence electrons. The fourth-order valence-corrected chi connectivity index (χ4v) is 3.69. The Labute approximate surface area is 175 Å². The first-order valence-corrected chi connectivity index (χ1v) is 10.2. The highest BCUT2D eigenvalue weighted by Crippen LogP contribution is 2.31. The van der Waals surface area contributed by atoms with Crippen LogP contribution in [0.1, 0.15) is 43.5 Å². The van der Waals surface area contributed by atoms with Gasteiger partial charge in [-0.3, -0.25) is 4.79 Å². The third-order valence-corrected chi connectivity index (χ3v) is 5.47. The number of carbonyl (C=O) groups excluding carboxylic acids is 1. The van der Waals surface area contributed by atoms with E-state index in [4.69, 9.17) is 9.26 Å². The van der Waals surface area contributed by atoms with Gasteiger partial charge in [0.2, 0.25) is 0 Å². The third-order valence-electron chi connectivity index (χ3n) is 5.47. The largest absolute Gasteiger partial charge is 0.481 e. The van der Waals surface area contributed by atoms with E-state index >= 15 is 0 Å². The van der Waals surface area contributed by atoms with Crippen molar-refractivity contribution in [1.29, 1.82) is 0 Å². The summed E-state index contributed by atoms with van der Waals surface area (Å²) in [5.41, 5.74) is 3.73. The number of nitrogens with zero attached hydrogens (tertiary/aromatic N) is 2. The number of benzene rings is 2. The fourth-order valence-electron chi connectivity index (χ4n) is 3.69. The summed E-state index contributed by atoms with van der Waals surface area (Å²) in [5, 5.41) is 4.15. The molecule has 2 heterocycles. The van der Waals surface area contributed by atoms with E-state index < -0.39 is 6.10 Å². The first kappa shape index (κ1) is 20.1. The summed E-state index contributed by atoms with van der Waals surface area (Å²) in [4.78, 5) is 14.6. The molecular weight excluding hydrogens is 383 g/mol. The summed E-state index contributed by atoms with van der Waals surface area (Å²) in [5.74, 6) is 1.39. The summed E-state index contributed by atoms with van der Waals surface area (Å²) >= 11 is 0. The molecule has 0 saturated carbocycles. The van der Waals surface area contributed by atoms with Crippen molar-refractivity contribution < 1.29 is 18.4 Å². The van der Waals surface area contributed by atoms with Gasteiger partial charge in [0.25, 0.3) is 5.91 Å². The molecular formula is C24H25FN2O3. The first-order chi connectivity index (χ1) is 14.4. The maximum Gasteiger partial charge on any atom is 0.263 e. The van der Waals surface area contributed by atoms with Crippen LogP contribution in [0, 0.1) is 5.82 Å². The highest BCUT2D eigenvalue weighted by Gasteiger charge is 2.30. The van der Waals surface area contributed by atoms with E-state index in [1.807, 2.05) is 24.3 Å². The highest BCUT2D eigenvalue weighted by atomic mass is 19.1. The molecule has 1 aliphatic rings. The Morgan fingerprint density at radius 2 is 1.80 bits per heavy atom. The number of fused-ring (bicyclic) bond motifs is 1. The second-order valence-electron chi connectivity index (χ2n) is 7.94. The molecule has 0 spiro atoms. The molecule has 4 rings (SSSR count). The van der Waals surface area contributed by atoms with Crippen molar-refractivity contribution in [3.05, 3.63) is 71.2 Å². The predicted molar refractivity (Wildman–Crippen MR) is 112 cm³/mol. The fraction of sp³-hybridized carbons (Fsp3) is 0.333. The zero-order valence-corrected chi connectivity index (χ0v) is 17.4. The van der Waals surface area contributed by atoms with Crippen LogP contribution in [0.4, 0.5) is 4.39 Å². The molecule has 1 unspecified atom stereocenters. The maximum absolute atomic E-state index is 13.2. The molecule has 1 aliphatic heterocycles. The van der Waals surface area contributed by atoms with E-state index in [1.165, 1.54) is 17.7 Å². The number of rotatable bonds is 5. The lowest BCUT2D eigenvalue weighted by Crippen LogP contribution is -2.43. The smallest absolute Gasteiger partial charge is 0.263 e. The zero-order chi connectivity index (χ0) is 21.3. The Kier molecular flexibility index (Phi) is 5.57. The lowest BCUT2D eigenvalue weighted by atomic mass is 10.0. The number of carbonyl (C=O) groups is 1. The number of halogens is 1. The maximum atomic E-state index is 13.2. The molecule has 0 saturated heterocycles. The van der Waals surface area contributed by atoms with Gasteiger partial charge in [-0.1, -0.05) is 31.1 Å². The SMILES string of the molecule is CC(Oc1ccc(C(C)C)cc1)C(=O)N1CCc2c(noc2-c2ccc(F)cc2)C1. The first-order valence-electron chi connectivity index (χ1n) is 10.2. The highest BCUT2D eigenvalue weighted by molar-refractivity contribution is 5.81. The van der Waals surface area contributed by atoms with Crippen LogP contribution in [0.3, 0.4) is 0 Å². The Morgan fingerprint density at radius 3 is 2.47 bits per heavy atom. The van der Waals surface area contributed by atoms with Gasteiger partial charge in [-0.15, -0.1) is 0 Å². The molecule has 1 atom stereocenters. The minimum atomic E-state index is -0.597. The Morgan fingerprint density at radius 1 is 1.10 bits per heavy atom. The summed E-state index contributed by atoms with van der Waals surface area (Å²) < 4.78 is 24.6. The minimum Gasteiger partial charge on any atom is -0.481 e. The van der Waals surface area contributed by atoms with Crippen molar-refractivity contribution in [2.24, 2.45) is 0 Å². The molecule has 0 aliphatic carbocycles. The van der Waals surface area contributed by atoms with Crippen LogP contribution in [0.25, 0.3) is 11.3 Å². The Hall–Kier alpha value is -3.15. The van der Waals surface area contributed by atoms with Gasteiger partial charge in [0.05, 0.1) is 6.54 Å².